The molecule has 154 valence electrons. The third-order valence-electron chi connectivity index (χ3n) is 6.27. The monoisotopic (exact) mass is 387 g/mol. The van der Waals surface area contributed by atoms with E-state index in [1.54, 1.807) is 25.3 Å². The van der Waals surface area contributed by atoms with Gasteiger partial charge in [-0.3, -0.25) is 9.59 Å². The van der Waals surface area contributed by atoms with Crippen molar-refractivity contribution in [2.24, 2.45) is 17.6 Å². The van der Waals surface area contributed by atoms with E-state index in [9.17, 15) is 9.59 Å². The maximum atomic E-state index is 12.8. The maximum Gasteiger partial charge on any atom is 0.229 e. The zero-order chi connectivity index (χ0) is 20.1. The van der Waals surface area contributed by atoms with Gasteiger partial charge in [-0.25, -0.2) is 0 Å². The first-order chi connectivity index (χ1) is 13.4. The van der Waals surface area contributed by atoms with Crippen molar-refractivity contribution in [1.82, 2.24) is 0 Å². The molecule has 0 spiro atoms. The van der Waals surface area contributed by atoms with E-state index in [0.717, 1.165) is 51.4 Å². The molecule has 0 aromatic heterocycles. The minimum Gasteiger partial charge on any atom is -0.495 e. The number of nitrogens with two attached hydrogens (primary N) is 1. The molecule has 2 aliphatic rings. The summed E-state index contributed by atoms with van der Waals surface area (Å²) in [4.78, 5) is 25.4. The minimum absolute atomic E-state index is 0.0308. The first kappa shape index (κ1) is 20.6. The number of rotatable bonds is 5. The quantitative estimate of drug-likeness (QED) is 0.710. The Morgan fingerprint density at radius 2 is 1.75 bits per heavy atom. The highest BCUT2D eigenvalue weighted by Gasteiger charge is 2.37. The summed E-state index contributed by atoms with van der Waals surface area (Å²) in [7, 11) is 1.58. The largest absolute Gasteiger partial charge is 0.495 e. The second kappa shape index (κ2) is 8.95. The zero-order valence-electron chi connectivity index (χ0n) is 17.1. The van der Waals surface area contributed by atoms with E-state index in [0.29, 0.717) is 17.1 Å². The summed E-state index contributed by atoms with van der Waals surface area (Å²) < 4.78 is 5.40. The highest BCUT2D eigenvalue weighted by Crippen LogP contribution is 2.34. The molecule has 2 unspecified atom stereocenters. The molecule has 0 heterocycles. The Morgan fingerprint density at radius 3 is 2.43 bits per heavy atom. The van der Waals surface area contributed by atoms with E-state index in [4.69, 9.17) is 10.5 Å². The lowest BCUT2D eigenvalue weighted by molar-refractivity contribution is -0.123. The number of anilines is 2. The first-order valence-electron chi connectivity index (χ1n) is 10.5. The summed E-state index contributed by atoms with van der Waals surface area (Å²) in [5, 5.41) is 5.99. The third kappa shape index (κ3) is 4.85. The fraction of sp³-hybridized carbons (Fsp3) is 0.636. The fourth-order valence-corrected chi connectivity index (χ4v) is 4.50. The van der Waals surface area contributed by atoms with Crippen molar-refractivity contribution in [3.05, 3.63) is 18.2 Å². The van der Waals surface area contributed by atoms with Gasteiger partial charge in [0.25, 0.3) is 0 Å². The number of hydrogen-bond acceptors (Lipinski definition) is 4. The van der Waals surface area contributed by atoms with Crippen LogP contribution in [0.15, 0.2) is 18.2 Å². The molecule has 1 aromatic rings. The van der Waals surface area contributed by atoms with Crippen LogP contribution in [0.2, 0.25) is 0 Å². The Balaban J connectivity index is 1.71. The molecule has 0 bridgehead atoms. The van der Waals surface area contributed by atoms with Gasteiger partial charge < -0.3 is 21.1 Å². The number of carbonyl (C=O) groups is 2. The van der Waals surface area contributed by atoms with E-state index in [1.165, 1.54) is 6.42 Å². The Morgan fingerprint density at radius 1 is 1.04 bits per heavy atom. The van der Waals surface area contributed by atoms with Crippen LogP contribution >= 0.6 is 0 Å². The van der Waals surface area contributed by atoms with Crippen LogP contribution in [0.3, 0.4) is 0 Å². The lowest BCUT2D eigenvalue weighted by Gasteiger charge is -2.37. The van der Waals surface area contributed by atoms with Crippen LogP contribution in [0.25, 0.3) is 0 Å². The molecule has 6 nitrogen and oxygen atoms in total. The average Bonchev–Trinajstić information content (AvgIpc) is 2.68. The number of hydrogen-bond donors (Lipinski definition) is 3. The number of benzene rings is 1. The summed E-state index contributed by atoms with van der Waals surface area (Å²) in [6.45, 7) is 1.96. The molecule has 2 aliphatic carbocycles. The molecule has 0 radical (unpaired) electrons. The Labute approximate surface area is 167 Å². The molecular weight excluding hydrogens is 354 g/mol. The van der Waals surface area contributed by atoms with Crippen molar-refractivity contribution in [2.45, 2.75) is 70.3 Å². The van der Waals surface area contributed by atoms with Crippen LogP contribution in [0.1, 0.15) is 64.7 Å². The number of amides is 2. The van der Waals surface area contributed by atoms with Gasteiger partial charge in [-0.15, -0.1) is 0 Å². The molecule has 6 heteroatoms. The zero-order valence-corrected chi connectivity index (χ0v) is 17.1. The van der Waals surface area contributed by atoms with E-state index < -0.39 is 5.54 Å². The van der Waals surface area contributed by atoms with Gasteiger partial charge in [0.2, 0.25) is 11.8 Å². The Hall–Kier alpha value is -2.08. The van der Waals surface area contributed by atoms with Gasteiger partial charge in [0.15, 0.2) is 0 Å². The molecule has 4 N–H and O–H groups in total. The van der Waals surface area contributed by atoms with Gasteiger partial charge >= 0.3 is 0 Å². The fourth-order valence-electron chi connectivity index (χ4n) is 4.50. The normalized spacial score (nSPS) is 25.8. The Kier molecular flexibility index (Phi) is 6.60. The standard InChI is InChI=1S/C22H33N3O3/c1-22(23)13-7-6-10-17(22)21(27)24-16-11-12-19(28-2)18(14-16)25-20(26)15-8-4-3-5-9-15/h11-12,14-15,17H,3-10,13,23H2,1-2H3,(H,24,27)(H,25,26). The summed E-state index contributed by atoms with van der Waals surface area (Å²) in [6, 6.07) is 5.34. The van der Waals surface area contributed by atoms with Crippen molar-refractivity contribution >= 4 is 23.2 Å². The Bertz CT molecular complexity index is 711. The van der Waals surface area contributed by atoms with Gasteiger partial charge in [-0.1, -0.05) is 32.1 Å². The average molecular weight is 388 g/mol. The van der Waals surface area contributed by atoms with Gasteiger partial charge in [0, 0.05) is 17.1 Å². The van der Waals surface area contributed by atoms with Crippen molar-refractivity contribution in [3.8, 4) is 5.75 Å². The lowest BCUT2D eigenvalue weighted by Crippen LogP contribution is -2.51. The molecule has 3 rings (SSSR count). The van der Waals surface area contributed by atoms with Crippen molar-refractivity contribution in [1.29, 1.82) is 0 Å². The van der Waals surface area contributed by atoms with Gasteiger partial charge in [-0.2, -0.15) is 0 Å². The SMILES string of the molecule is COc1ccc(NC(=O)C2CCCCC2(C)N)cc1NC(=O)C1CCCCC1. The molecule has 2 fully saturated rings. The minimum atomic E-state index is -0.479. The molecule has 0 saturated heterocycles. The van der Waals surface area contributed by atoms with E-state index >= 15 is 0 Å². The van der Waals surface area contributed by atoms with Crippen LogP contribution in [-0.2, 0) is 9.59 Å². The highest BCUT2D eigenvalue weighted by molar-refractivity contribution is 5.97. The molecule has 1 aromatic carbocycles. The van der Waals surface area contributed by atoms with Gasteiger partial charge in [-0.05, 0) is 50.8 Å². The first-order valence-corrected chi connectivity index (χ1v) is 10.5. The van der Waals surface area contributed by atoms with Crippen LogP contribution < -0.4 is 21.1 Å². The van der Waals surface area contributed by atoms with E-state index in [2.05, 4.69) is 10.6 Å². The predicted molar refractivity (Wildman–Crippen MR) is 111 cm³/mol. The van der Waals surface area contributed by atoms with E-state index in [-0.39, 0.29) is 23.7 Å². The molecule has 2 amide bonds. The third-order valence-corrected chi connectivity index (χ3v) is 6.27. The van der Waals surface area contributed by atoms with Crippen LogP contribution in [0.5, 0.6) is 5.75 Å². The predicted octanol–water partition coefficient (Wildman–Crippen LogP) is 4.06. The summed E-state index contributed by atoms with van der Waals surface area (Å²) in [6.07, 6.45) is 9.02. The highest BCUT2D eigenvalue weighted by atomic mass is 16.5. The van der Waals surface area contributed by atoms with Crippen LogP contribution in [0.4, 0.5) is 11.4 Å². The maximum absolute atomic E-state index is 12.8. The number of ether oxygens (including phenoxy) is 1. The van der Waals surface area contributed by atoms with Crippen LogP contribution in [-0.4, -0.2) is 24.5 Å². The van der Waals surface area contributed by atoms with Gasteiger partial charge in [0.1, 0.15) is 5.75 Å². The number of methoxy groups -OCH3 is 1. The molecule has 0 aliphatic heterocycles. The second-order valence-corrected chi connectivity index (χ2v) is 8.53. The van der Waals surface area contributed by atoms with Crippen LogP contribution in [0, 0.1) is 11.8 Å². The molecular formula is C22H33N3O3. The number of nitrogens with one attached hydrogen (secondary N) is 2. The second-order valence-electron chi connectivity index (χ2n) is 8.53. The molecule has 28 heavy (non-hydrogen) atoms. The summed E-state index contributed by atoms with van der Waals surface area (Å²) in [5.41, 5.74) is 7.12. The number of carbonyl (C=O) groups excluding carboxylic acids is 2. The van der Waals surface area contributed by atoms with Crippen molar-refractivity contribution < 1.29 is 14.3 Å². The summed E-state index contributed by atoms with van der Waals surface area (Å²) >= 11 is 0. The van der Waals surface area contributed by atoms with Crippen molar-refractivity contribution in [2.75, 3.05) is 17.7 Å². The van der Waals surface area contributed by atoms with Crippen molar-refractivity contribution in [3.63, 3.8) is 0 Å². The summed E-state index contributed by atoms with van der Waals surface area (Å²) in [5.74, 6) is 0.409. The smallest absolute Gasteiger partial charge is 0.229 e. The molecule has 2 saturated carbocycles. The lowest BCUT2D eigenvalue weighted by atomic mass is 9.74. The molecule has 2 atom stereocenters. The topological polar surface area (TPSA) is 93.4 Å². The van der Waals surface area contributed by atoms with Gasteiger partial charge in [0.05, 0.1) is 18.7 Å². The van der Waals surface area contributed by atoms with E-state index in [1.807, 2.05) is 6.92 Å².